The molecule has 0 aliphatic heterocycles. The van der Waals surface area contributed by atoms with E-state index in [1.54, 1.807) is 34.1 Å². The molecule has 0 amide bonds. The summed E-state index contributed by atoms with van der Waals surface area (Å²) in [7, 11) is 3.78. The first-order valence-corrected chi connectivity index (χ1v) is 14.3. The summed E-state index contributed by atoms with van der Waals surface area (Å²) in [6.45, 7) is -0.0307. The molecule has 0 saturated carbocycles. The summed E-state index contributed by atoms with van der Waals surface area (Å²) >= 11 is 13.7. The van der Waals surface area contributed by atoms with E-state index < -0.39 is 10.2 Å². The molecule has 0 atom stereocenters. The van der Waals surface area contributed by atoms with Crippen LogP contribution in [0.4, 0.5) is 11.5 Å². The van der Waals surface area contributed by atoms with Crippen LogP contribution in [0.25, 0.3) is 22.2 Å². The first kappa shape index (κ1) is 28.6. The monoisotopic (exact) mass is 616 g/mol. The molecule has 41 heavy (non-hydrogen) atoms. The minimum atomic E-state index is -3.88. The third kappa shape index (κ3) is 5.28. The van der Waals surface area contributed by atoms with Crippen LogP contribution in [0.5, 0.6) is 11.5 Å². The fourth-order valence-corrected chi connectivity index (χ4v) is 5.86. The van der Waals surface area contributed by atoms with Gasteiger partial charge in [-0.2, -0.15) is 17.8 Å². The van der Waals surface area contributed by atoms with Gasteiger partial charge in [0.2, 0.25) is 0 Å². The predicted octanol–water partition coefficient (Wildman–Crippen LogP) is 4.54. The lowest BCUT2D eigenvalue weighted by atomic mass is 10.1. The largest absolute Gasteiger partial charge is 0.495 e. The van der Waals surface area contributed by atoms with Crippen molar-refractivity contribution in [2.24, 2.45) is 7.05 Å². The Balaban J connectivity index is 1.72. The van der Waals surface area contributed by atoms with E-state index >= 15 is 0 Å². The van der Waals surface area contributed by atoms with Gasteiger partial charge in [0.1, 0.15) is 33.7 Å². The fourth-order valence-electron chi connectivity index (χ4n) is 4.23. The molecule has 0 fully saturated rings. The van der Waals surface area contributed by atoms with Gasteiger partial charge in [-0.1, -0.05) is 23.2 Å². The number of benzene rings is 1. The molecule has 15 heteroatoms. The van der Waals surface area contributed by atoms with Gasteiger partial charge in [0.25, 0.3) is 0 Å². The van der Waals surface area contributed by atoms with E-state index in [4.69, 9.17) is 37.7 Å². The van der Waals surface area contributed by atoms with E-state index in [9.17, 15) is 8.42 Å². The van der Waals surface area contributed by atoms with Gasteiger partial charge in [-0.25, -0.2) is 13.9 Å². The Kier molecular flexibility index (Phi) is 7.79. The van der Waals surface area contributed by atoms with Gasteiger partial charge in [-0.05, 0) is 18.2 Å². The smallest absolute Gasteiger partial charge is 0.308 e. The van der Waals surface area contributed by atoms with Crippen molar-refractivity contribution in [2.45, 2.75) is 6.54 Å². The molecule has 0 bridgehead atoms. The summed E-state index contributed by atoms with van der Waals surface area (Å²) in [4.78, 5) is 15.2. The van der Waals surface area contributed by atoms with Crippen molar-refractivity contribution in [2.75, 3.05) is 33.2 Å². The normalized spacial score (nSPS) is 11.8. The molecular weight excluding hydrogens is 591 g/mol. The van der Waals surface area contributed by atoms with Crippen LogP contribution in [0.3, 0.4) is 0 Å². The molecule has 0 unspecified atom stereocenters. The topological polar surface area (TPSA) is 120 Å². The molecule has 4 heterocycles. The quantitative estimate of drug-likeness (QED) is 0.235. The number of rotatable bonds is 9. The van der Waals surface area contributed by atoms with E-state index in [0.717, 1.165) is 19.4 Å². The van der Waals surface area contributed by atoms with Gasteiger partial charge in [0, 0.05) is 50.7 Å². The lowest BCUT2D eigenvalue weighted by Gasteiger charge is -2.28. The number of halogens is 2. The predicted molar refractivity (Wildman–Crippen MR) is 157 cm³/mol. The highest BCUT2D eigenvalue weighted by atomic mass is 35.5. The number of hydrogen-bond donors (Lipinski definition) is 0. The first-order valence-electron chi connectivity index (χ1n) is 12.1. The molecule has 0 aliphatic rings. The number of aryl methyl sites for hydroxylation is 1. The average Bonchev–Trinajstić information content (AvgIpc) is 3.61. The number of ether oxygens (including phenoxy) is 2. The highest BCUT2D eigenvalue weighted by Crippen LogP contribution is 2.48. The number of imidazole rings is 1. The van der Waals surface area contributed by atoms with Gasteiger partial charge in [0.05, 0.1) is 55.6 Å². The molecule has 12 nitrogen and oxygen atoms in total. The molecule has 1 aromatic carbocycles. The van der Waals surface area contributed by atoms with Crippen molar-refractivity contribution < 1.29 is 17.9 Å². The number of hydrogen-bond acceptors (Lipinski definition) is 9. The molecule has 0 saturated heterocycles. The van der Waals surface area contributed by atoms with E-state index in [1.165, 1.54) is 40.8 Å². The third-order valence-electron chi connectivity index (χ3n) is 6.37. The number of aromatic nitrogens is 6. The van der Waals surface area contributed by atoms with E-state index in [1.807, 2.05) is 25.4 Å². The highest BCUT2D eigenvalue weighted by Gasteiger charge is 2.28. The van der Waals surface area contributed by atoms with Gasteiger partial charge in [-0.3, -0.25) is 9.67 Å². The van der Waals surface area contributed by atoms with Gasteiger partial charge in [-0.15, -0.1) is 0 Å². The Morgan fingerprint density at radius 2 is 1.66 bits per heavy atom. The van der Waals surface area contributed by atoms with Crippen LogP contribution in [0.15, 0.2) is 55.4 Å². The summed E-state index contributed by atoms with van der Waals surface area (Å²) in [6, 6.07) is 7.03. The lowest BCUT2D eigenvalue weighted by Crippen LogP contribution is -2.31. The Morgan fingerprint density at radius 1 is 0.951 bits per heavy atom. The fraction of sp³-hybridized carbons (Fsp3) is 0.231. The van der Waals surface area contributed by atoms with Crippen LogP contribution in [-0.2, 0) is 23.8 Å². The second-order valence-electron chi connectivity index (χ2n) is 9.15. The number of fused-ring (bicyclic) bond motifs is 1. The molecule has 0 aliphatic carbocycles. The first-order chi connectivity index (χ1) is 19.5. The van der Waals surface area contributed by atoms with Gasteiger partial charge >= 0.3 is 10.2 Å². The standard InChI is InChI=1S/C26H26Cl2N8O4S/c1-33(2)41(37,38)36-15-29-12-18(36)14-35(26-24(27)21(39-4)9-22(40-5)25(26)28)23-7-6-19-20(32-23)8-16(10-30-19)17-11-31-34(3)13-17/h6-13,15H,14H2,1-5H3. The SMILES string of the molecule is COc1cc(OC)c(Cl)c(N(Cc2cncn2S(=O)(=O)N(C)C)c2ccc3ncc(-c4cnn(C)c4)cc3n2)c1Cl. The Bertz CT molecular complexity index is 1830. The second kappa shape index (κ2) is 11.2. The Labute approximate surface area is 246 Å². The van der Waals surface area contributed by atoms with Crippen molar-refractivity contribution in [1.29, 1.82) is 0 Å². The van der Waals surface area contributed by atoms with Crippen molar-refractivity contribution in [3.63, 3.8) is 0 Å². The maximum absolute atomic E-state index is 13.1. The minimum Gasteiger partial charge on any atom is -0.495 e. The number of anilines is 2. The van der Waals surface area contributed by atoms with E-state index in [2.05, 4.69) is 15.1 Å². The summed E-state index contributed by atoms with van der Waals surface area (Å²) in [6.07, 6.45) is 8.07. The lowest BCUT2D eigenvalue weighted by molar-refractivity contribution is 0.394. The van der Waals surface area contributed by atoms with Crippen LogP contribution in [-0.4, -0.2) is 69.7 Å². The molecule has 0 spiro atoms. The molecule has 0 radical (unpaired) electrons. The zero-order chi connectivity index (χ0) is 29.5. The summed E-state index contributed by atoms with van der Waals surface area (Å²) in [5, 5.41) is 4.61. The highest BCUT2D eigenvalue weighted by molar-refractivity contribution is 7.87. The maximum atomic E-state index is 13.1. The van der Waals surface area contributed by atoms with Crippen LogP contribution < -0.4 is 14.4 Å². The second-order valence-corrected chi connectivity index (χ2v) is 11.9. The minimum absolute atomic E-state index is 0.0307. The maximum Gasteiger partial charge on any atom is 0.308 e. The average molecular weight is 618 g/mol. The molecule has 0 N–H and O–H groups in total. The summed E-state index contributed by atoms with van der Waals surface area (Å²) in [5.74, 6) is 1.03. The summed E-state index contributed by atoms with van der Waals surface area (Å²) < 4.78 is 41.0. The summed E-state index contributed by atoms with van der Waals surface area (Å²) in [5.41, 5.74) is 3.59. The van der Waals surface area contributed by atoms with Gasteiger partial charge < -0.3 is 14.4 Å². The number of methoxy groups -OCH3 is 2. The van der Waals surface area contributed by atoms with Crippen LogP contribution in [0.1, 0.15) is 5.69 Å². The van der Waals surface area contributed by atoms with E-state index in [-0.39, 0.29) is 16.6 Å². The zero-order valence-corrected chi connectivity index (χ0v) is 25.1. The van der Waals surface area contributed by atoms with Crippen molar-refractivity contribution in [3.8, 4) is 22.6 Å². The number of pyridine rings is 2. The van der Waals surface area contributed by atoms with Crippen LogP contribution in [0.2, 0.25) is 10.0 Å². The van der Waals surface area contributed by atoms with Crippen LogP contribution >= 0.6 is 23.2 Å². The van der Waals surface area contributed by atoms with E-state index in [0.29, 0.717) is 39.7 Å². The molecular formula is C26H26Cl2N8O4S. The molecule has 5 rings (SSSR count). The van der Waals surface area contributed by atoms with Gasteiger partial charge in [0.15, 0.2) is 0 Å². The molecule has 4 aromatic heterocycles. The van der Waals surface area contributed by atoms with Crippen molar-refractivity contribution in [3.05, 3.63) is 71.1 Å². The molecule has 5 aromatic rings. The Morgan fingerprint density at radius 3 is 2.27 bits per heavy atom. The van der Waals surface area contributed by atoms with Crippen molar-refractivity contribution >= 4 is 55.9 Å². The zero-order valence-electron chi connectivity index (χ0n) is 22.8. The number of nitrogens with zero attached hydrogens (tertiary/aromatic N) is 8. The van der Waals surface area contributed by atoms with Crippen molar-refractivity contribution in [1.82, 2.24) is 33.0 Å². The van der Waals surface area contributed by atoms with Crippen LogP contribution in [0, 0.1) is 0 Å². The third-order valence-corrected chi connectivity index (χ3v) is 8.85. The Hall–Kier alpha value is -3.91. The molecule has 214 valence electrons.